The first-order valence-corrected chi connectivity index (χ1v) is 14.4. The van der Waals surface area contributed by atoms with Crippen LogP contribution in [0.1, 0.15) is 55.0 Å². The van der Waals surface area contributed by atoms with Crippen LogP contribution in [0.25, 0.3) is 38.4 Å². The summed E-state index contributed by atoms with van der Waals surface area (Å²) < 4.78 is 10.6. The average molecular weight is 639 g/mol. The molecule has 0 amide bonds. The first-order valence-electron chi connectivity index (χ1n) is 14.4. The van der Waals surface area contributed by atoms with Crippen molar-refractivity contribution in [2.24, 2.45) is 0 Å². The quantitative estimate of drug-likeness (QED) is 0.133. The standard InChI is InChI=1S/C36H33N4O.Ru/c1-20-31(41-7)19-18-28-32(20)39-23(4)40-33-27(16-17-29(34(33)39)36(28,5)6)25-13-9-8-12-24(25)26-14-10-11-15-30(26)38-22(3)21(2)37-35(38)40;/h8-14,16-19,23H,1-7H3;/q-1;+1/t23-;/m1./s1. The molecule has 2 aromatic heterocycles. The molecule has 2 aliphatic heterocycles. The van der Waals surface area contributed by atoms with E-state index in [2.05, 4.69) is 122 Å². The molecule has 211 valence electrons. The molecule has 1 atom stereocenters. The van der Waals surface area contributed by atoms with Crippen LogP contribution in [0.3, 0.4) is 0 Å². The summed E-state index contributed by atoms with van der Waals surface area (Å²) >= 11 is 0. The van der Waals surface area contributed by atoms with Crippen molar-refractivity contribution in [3.8, 4) is 5.75 Å². The van der Waals surface area contributed by atoms with E-state index in [4.69, 9.17) is 9.72 Å². The van der Waals surface area contributed by atoms with Gasteiger partial charge >= 0.3 is 19.5 Å². The summed E-state index contributed by atoms with van der Waals surface area (Å²) in [5.41, 5.74) is 10.5. The van der Waals surface area contributed by atoms with E-state index in [1.54, 1.807) is 7.11 Å². The number of para-hydroxylation sites is 1. The third kappa shape index (κ3) is 3.19. The normalized spacial score (nSPS) is 16.2. The smallest absolute Gasteiger partial charge is 0.496 e. The number of aryl methyl sites for hydroxylation is 2. The molecule has 6 aromatic rings. The second-order valence-corrected chi connectivity index (χ2v) is 12.0. The molecule has 2 aliphatic rings. The Balaban J connectivity index is 0.00000288. The molecule has 4 aromatic carbocycles. The van der Waals surface area contributed by atoms with Gasteiger partial charge in [0.2, 0.25) is 5.78 Å². The topological polar surface area (TPSA) is 34.7 Å². The molecule has 0 N–H and O–H groups in total. The van der Waals surface area contributed by atoms with Crippen molar-refractivity contribution >= 4 is 49.7 Å². The summed E-state index contributed by atoms with van der Waals surface area (Å²) in [5, 5.41) is 4.80. The van der Waals surface area contributed by atoms with Crippen LogP contribution >= 0.6 is 0 Å². The Hall–Kier alpha value is -3.89. The van der Waals surface area contributed by atoms with Crippen molar-refractivity contribution in [1.82, 2.24) is 14.0 Å². The van der Waals surface area contributed by atoms with Gasteiger partial charge in [-0.1, -0.05) is 67.2 Å². The van der Waals surface area contributed by atoms with Gasteiger partial charge in [0.15, 0.2) is 0 Å². The van der Waals surface area contributed by atoms with Crippen LogP contribution in [-0.2, 0) is 24.9 Å². The van der Waals surface area contributed by atoms with Gasteiger partial charge in [-0.05, 0) is 50.3 Å². The molecule has 0 spiro atoms. The summed E-state index contributed by atoms with van der Waals surface area (Å²) in [6, 6.07) is 27.8. The van der Waals surface area contributed by atoms with Gasteiger partial charge in [-0.3, -0.25) is 4.57 Å². The van der Waals surface area contributed by atoms with Crippen molar-refractivity contribution in [2.45, 2.75) is 53.1 Å². The Morgan fingerprint density at radius 1 is 0.833 bits per heavy atom. The zero-order valence-corrected chi connectivity index (χ0v) is 26.7. The maximum Gasteiger partial charge on any atom is 1.00 e. The molecule has 6 heteroatoms. The zero-order valence-electron chi connectivity index (χ0n) is 25.0. The zero-order chi connectivity index (χ0) is 28.4. The number of ether oxygens (including phenoxy) is 1. The Labute approximate surface area is 258 Å². The predicted octanol–water partition coefficient (Wildman–Crippen LogP) is 8.76. The third-order valence-electron chi connectivity index (χ3n) is 9.68. The van der Waals surface area contributed by atoms with Gasteiger partial charge < -0.3 is 14.0 Å². The maximum absolute atomic E-state index is 5.86. The molecular formula is C36H33N4ORu. The Kier molecular flexibility index (Phi) is 5.82. The maximum atomic E-state index is 5.86. The molecule has 8 rings (SSSR count). The van der Waals surface area contributed by atoms with Gasteiger partial charge in [-0.2, -0.15) is 24.3 Å². The van der Waals surface area contributed by atoms with Gasteiger partial charge in [0, 0.05) is 22.1 Å². The van der Waals surface area contributed by atoms with Gasteiger partial charge in [-0.15, -0.1) is 5.39 Å². The van der Waals surface area contributed by atoms with Crippen LogP contribution in [0.15, 0.2) is 66.7 Å². The van der Waals surface area contributed by atoms with Crippen molar-refractivity contribution in [3.05, 3.63) is 101 Å². The largest absolute Gasteiger partial charge is 1.00 e. The minimum absolute atomic E-state index is 0. The number of rotatable bonds is 1. The van der Waals surface area contributed by atoms with E-state index in [0.717, 1.165) is 39.4 Å². The van der Waals surface area contributed by atoms with E-state index >= 15 is 0 Å². The summed E-state index contributed by atoms with van der Waals surface area (Å²) in [6.45, 7) is 13.5. The van der Waals surface area contributed by atoms with Crippen molar-refractivity contribution < 1.29 is 24.2 Å². The Morgan fingerprint density at radius 2 is 1.50 bits per heavy atom. The van der Waals surface area contributed by atoms with Crippen molar-refractivity contribution in [1.29, 1.82) is 0 Å². The van der Waals surface area contributed by atoms with Gasteiger partial charge in [0.25, 0.3) is 0 Å². The number of imidazole rings is 1. The second kappa shape index (κ2) is 9.05. The molecule has 0 saturated heterocycles. The summed E-state index contributed by atoms with van der Waals surface area (Å²) in [7, 11) is 1.76. The van der Waals surface area contributed by atoms with Crippen LogP contribution < -0.4 is 9.64 Å². The first-order chi connectivity index (χ1) is 19.8. The molecule has 0 saturated carbocycles. The van der Waals surface area contributed by atoms with Crippen LogP contribution in [0.5, 0.6) is 5.75 Å². The minimum Gasteiger partial charge on any atom is -0.496 e. The van der Waals surface area contributed by atoms with E-state index in [1.165, 1.54) is 44.2 Å². The predicted molar refractivity (Wildman–Crippen MR) is 168 cm³/mol. The fourth-order valence-electron chi connectivity index (χ4n) is 7.51. The van der Waals surface area contributed by atoms with E-state index in [9.17, 15) is 0 Å². The Morgan fingerprint density at radius 3 is 2.24 bits per heavy atom. The SMILES string of the molecule is COc1ccc2c(c1C)N1c3c(ccc4c5ccccc5c5ccc[c-]c5n5c(C)c(C)nc5n(c34)[C@@H]1C)C2(C)C.[Ru+]. The van der Waals surface area contributed by atoms with E-state index in [1.807, 2.05) is 6.07 Å². The van der Waals surface area contributed by atoms with E-state index in [0.29, 0.717) is 0 Å². The summed E-state index contributed by atoms with van der Waals surface area (Å²) in [6.07, 6.45) is -0.0251. The van der Waals surface area contributed by atoms with Crippen molar-refractivity contribution in [3.63, 3.8) is 0 Å². The number of benzene rings is 4. The number of fused-ring (bicyclic) bond motifs is 9. The number of hydrogen-bond donors (Lipinski definition) is 0. The monoisotopic (exact) mass is 639 g/mol. The molecule has 0 unspecified atom stereocenters. The van der Waals surface area contributed by atoms with Crippen LogP contribution in [0.2, 0.25) is 0 Å². The van der Waals surface area contributed by atoms with Gasteiger partial charge in [0.1, 0.15) is 11.9 Å². The molecule has 0 fully saturated rings. The van der Waals surface area contributed by atoms with E-state index < -0.39 is 0 Å². The third-order valence-corrected chi connectivity index (χ3v) is 9.68. The van der Waals surface area contributed by atoms with Crippen molar-refractivity contribution in [2.75, 3.05) is 12.0 Å². The molecule has 5 nitrogen and oxygen atoms in total. The number of hydrogen-bond acceptors (Lipinski definition) is 3. The first kappa shape index (κ1) is 27.0. The second-order valence-electron chi connectivity index (χ2n) is 12.0. The van der Waals surface area contributed by atoms with Crippen LogP contribution in [0, 0.1) is 26.8 Å². The minimum atomic E-state index is -0.196. The fourth-order valence-corrected chi connectivity index (χ4v) is 7.51. The molecule has 0 aliphatic carbocycles. The fraction of sp³-hybridized carbons (Fsp3) is 0.250. The average Bonchev–Trinajstić information content (AvgIpc) is 3.44. The number of anilines is 2. The number of methoxy groups -OCH3 is 1. The number of aromatic nitrogens is 3. The summed E-state index contributed by atoms with van der Waals surface area (Å²) in [4.78, 5) is 7.81. The van der Waals surface area contributed by atoms with E-state index in [-0.39, 0.29) is 31.1 Å². The Bertz CT molecular complexity index is 2190. The summed E-state index contributed by atoms with van der Waals surface area (Å²) in [5.74, 6) is 1.84. The number of nitrogens with zero attached hydrogens (tertiary/aromatic N) is 4. The van der Waals surface area contributed by atoms with Gasteiger partial charge in [-0.25, -0.2) is 4.98 Å². The molecular weight excluding hydrogens is 605 g/mol. The van der Waals surface area contributed by atoms with Crippen LogP contribution in [-0.4, -0.2) is 21.1 Å². The molecule has 42 heavy (non-hydrogen) atoms. The van der Waals surface area contributed by atoms with Gasteiger partial charge in [0.05, 0.1) is 29.7 Å². The molecule has 0 bridgehead atoms. The molecule has 4 heterocycles. The molecule has 1 radical (unpaired) electrons. The van der Waals surface area contributed by atoms with Crippen LogP contribution in [0.4, 0.5) is 11.4 Å².